The number of imidazole rings is 1. The molecule has 8 nitrogen and oxygen atoms in total. The van der Waals surface area contributed by atoms with Crippen LogP contribution in [-0.4, -0.2) is 48.3 Å². The number of hydrogen-bond donors (Lipinski definition) is 2. The van der Waals surface area contributed by atoms with E-state index in [1.165, 1.54) is 23.0 Å². The molecule has 5 rings (SSSR count). The van der Waals surface area contributed by atoms with Crippen molar-refractivity contribution >= 4 is 17.1 Å². The minimum atomic E-state index is -4.45. The molecule has 0 aromatic carbocycles. The lowest BCUT2D eigenvalue weighted by Crippen LogP contribution is -2.33. The van der Waals surface area contributed by atoms with Gasteiger partial charge in [-0.1, -0.05) is 18.9 Å². The van der Waals surface area contributed by atoms with E-state index in [0.29, 0.717) is 17.0 Å². The highest BCUT2D eigenvalue weighted by Crippen LogP contribution is 2.37. The second-order valence-corrected chi connectivity index (χ2v) is 8.74. The van der Waals surface area contributed by atoms with Crippen LogP contribution in [-0.2, 0) is 4.79 Å². The molecule has 0 bridgehead atoms. The number of alkyl halides is 3. The van der Waals surface area contributed by atoms with E-state index in [1.807, 2.05) is 6.07 Å². The number of nitrogens with one attached hydrogen (secondary N) is 2. The average molecular weight is 483 g/mol. The summed E-state index contributed by atoms with van der Waals surface area (Å²) in [5.41, 5.74) is 3.01. The third-order valence-corrected chi connectivity index (χ3v) is 6.47. The maximum atomic E-state index is 13.8. The monoisotopic (exact) mass is 483 g/mol. The van der Waals surface area contributed by atoms with Gasteiger partial charge in [-0.2, -0.15) is 18.3 Å². The van der Waals surface area contributed by atoms with Gasteiger partial charge >= 0.3 is 6.18 Å². The molecule has 0 radical (unpaired) electrons. The summed E-state index contributed by atoms with van der Waals surface area (Å²) >= 11 is 0. The van der Waals surface area contributed by atoms with Crippen molar-refractivity contribution in [3.05, 3.63) is 54.9 Å². The lowest BCUT2D eigenvalue weighted by atomic mass is 9.96. The third-order valence-electron chi connectivity index (χ3n) is 6.47. The Morgan fingerprint density at radius 2 is 1.97 bits per heavy atom. The van der Waals surface area contributed by atoms with E-state index in [-0.39, 0.29) is 30.4 Å². The summed E-state index contributed by atoms with van der Waals surface area (Å²) in [6.07, 6.45) is 6.75. The van der Waals surface area contributed by atoms with Gasteiger partial charge in [-0.3, -0.25) is 4.79 Å². The minimum absolute atomic E-state index is 0.0304. The van der Waals surface area contributed by atoms with Gasteiger partial charge in [-0.05, 0) is 37.0 Å². The molecule has 182 valence electrons. The van der Waals surface area contributed by atoms with Crippen LogP contribution in [0.4, 0.5) is 13.2 Å². The highest BCUT2D eigenvalue weighted by atomic mass is 19.4. The molecule has 1 fully saturated rings. The fourth-order valence-electron chi connectivity index (χ4n) is 4.60. The predicted molar refractivity (Wildman–Crippen MR) is 123 cm³/mol. The lowest BCUT2D eigenvalue weighted by molar-refractivity contribution is -0.152. The number of aromatic amines is 1. The molecule has 0 aliphatic heterocycles. The summed E-state index contributed by atoms with van der Waals surface area (Å²) in [6, 6.07) is 4.75. The number of aromatic nitrogens is 6. The summed E-state index contributed by atoms with van der Waals surface area (Å²) in [4.78, 5) is 27.8. The van der Waals surface area contributed by atoms with Crippen molar-refractivity contribution in [2.45, 2.75) is 44.2 Å². The topological polar surface area (TPSA) is 101 Å². The molecule has 1 atom stereocenters. The summed E-state index contributed by atoms with van der Waals surface area (Å²) < 4.78 is 42.8. The van der Waals surface area contributed by atoms with E-state index in [9.17, 15) is 18.0 Å². The van der Waals surface area contributed by atoms with Crippen LogP contribution in [0.25, 0.3) is 28.1 Å². The number of amides is 1. The number of nitrogens with zero attached hydrogens (tertiary/aromatic N) is 5. The Morgan fingerprint density at radius 1 is 1.14 bits per heavy atom. The first-order chi connectivity index (χ1) is 16.9. The Morgan fingerprint density at radius 3 is 2.71 bits per heavy atom. The highest BCUT2D eigenvalue weighted by molar-refractivity contribution is 5.88. The summed E-state index contributed by atoms with van der Waals surface area (Å²) in [7, 11) is 0. The Balaban J connectivity index is 1.29. The fraction of sp³-hybridized carbons (Fsp3) is 0.375. The standard InChI is InChI=1S/C24H24F3N7O/c25-24(26,27)19(8-10-29-23(35)15-3-1-2-4-15)16-5-6-20(30-11-16)34-13-17(12-33-34)18-7-9-28-22-21(18)31-14-32-22/h5-7,9,11-15,19H,1-4,8,10H2,(H,29,35)(H,28,31,32). The van der Waals surface area contributed by atoms with E-state index < -0.39 is 12.1 Å². The third kappa shape index (κ3) is 4.89. The first-order valence-corrected chi connectivity index (χ1v) is 11.5. The first-order valence-electron chi connectivity index (χ1n) is 11.5. The van der Waals surface area contributed by atoms with Gasteiger partial charge in [-0.25, -0.2) is 19.6 Å². The Hall–Kier alpha value is -3.76. The smallest absolute Gasteiger partial charge is 0.356 e. The van der Waals surface area contributed by atoms with Crippen LogP contribution in [0.3, 0.4) is 0 Å². The van der Waals surface area contributed by atoms with Crippen LogP contribution in [0.5, 0.6) is 0 Å². The number of carbonyl (C=O) groups excluding carboxylic acids is 1. The maximum absolute atomic E-state index is 13.8. The van der Waals surface area contributed by atoms with Crippen LogP contribution in [0.1, 0.15) is 43.6 Å². The zero-order valence-corrected chi connectivity index (χ0v) is 18.8. The predicted octanol–water partition coefficient (Wildman–Crippen LogP) is 4.55. The second-order valence-electron chi connectivity index (χ2n) is 8.74. The fourth-order valence-corrected chi connectivity index (χ4v) is 4.60. The molecule has 0 saturated heterocycles. The number of carbonyl (C=O) groups is 1. The van der Waals surface area contributed by atoms with E-state index >= 15 is 0 Å². The van der Waals surface area contributed by atoms with E-state index in [4.69, 9.17) is 0 Å². The summed E-state index contributed by atoms with van der Waals surface area (Å²) in [6.45, 7) is -0.0304. The summed E-state index contributed by atoms with van der Waals surface area (Å²) in [5, 5.41) is 6.99. The number of hydrogen-bond acceptors (Lipinski definition) is 5. The van der Waals surface area contributed by atoms with Gasteiger partial charge in [0, 0.05) is 42.2 Å². The van der Waals surface area contributed by atoms with Crippen molar-refractivity contribution < 1.29 is 18.0 Å². The van der Waals surface area contributed by atoms with Gasteiger partial charge < -0.3 is 10.3 Å². The van der Waals surface area contributed by atoms with E-state index in [2.05, 4.69) is 30.4 Å². The van der Waals surface area contributed by atoms with E-state index in [1.54, 1.807) is 24.9 Å². The highest BCUT2D eigenvalue weighted by Gasteiger charge is 2.40. The molecule has 1 aliphatic carbocycles. The Labute approximate surface area is 199 Å². The van der Waals surface area contributed by atoms with Crippen LogP contribution in [0.15, 0.2) is 49.3 Å². The van der Waals surface area contributed by atoms with Gasteiger partial charge in [-0.15, -0.1) is 0 Å². The van der Waals surface area contributed by atoms with Crippen molar-refractivity contribution in [2.24, 2.45) is 5.92 Å². The van der Waals surface area contributed by atoms with Crippen molar-refractivity contribution in [2.75, 3.05) is 6.54 Å². The second kappa shape index (κ2) is 9.47. The minimum Gasteiger partial charge on any atom is -0.356 e. The summed E-state index contributed by atoms with van der Waals surface area (Å²) in [5.74, 6) is -1.54. The number of H-pyrrole nitrogens is 1. The lowest BCUT2D eigenvalue weighted by Gasteiger charge is -2.21. The SMILES string of the molecule is O=C(NCCC(c1ccc(-n2cc(-c3ccnc4[nH]cnc34)cn2)nc1)C(F)(F)F)C1CCCC1. The molecule has 0 spiro atoms. The van der Waals surface area contributed by atoms with Gasteiger partial charge in [0.25, 0.3) is 0 Å². The van der Waals surface area contributed by atoms with Crippen LogP contribution in [0.2, 0.25) is 0 Å². The van der Waals surface area contributed by atoms with Crippen LogP contribution in [0, 0.1) is 5.92 Å². The molecule has 1 unspecified atom stereocenters. The van der Waals surface area contributed by atoms with Gasteiger partial charge in [0.2, 0.25) is 5.91 Å². The van der Waals surface area contributed by atoms with Crippen LogP contribution >= 0.6 is 0 Å². The van der Waals surface area contributed by atoms with Gasteiger partial charge in [0.1, 0.15) is 5.52 Å². The molecule has 4 aromatic heterocycles. The molecular weight excluding hydrogens is 459 g/mol. The number of pyridine rings is 2. The average Bonchev–Trinajstić information content (AvgIpc) is 3.62. The number of halogens is 3. The molecule has 1 aliphatic rings. The van der Waals surface area contributed by atoms with E-state index in [0.717, 1.165) is 36.8 Å². The first kappa shape index (κ1) is 23.0. The van der Waals surface area contributed by atoms with Gasteiger partial charge in [0.05, 0.1) is 18.4 Å². The molecule has 4 aromatic rings. The van der Waals surface area contributed by atoms with Crippen molar-refractivity contribution in [1.82, 2.24) is 35.0 Å². The molecule has 4 heterocycles. The number of rotatable bonds is 7. The van der Waals surface area contributed by atoms with Crippen molar-refractivity contribution in [3.63, 3.8) is 0 Å². The Kier molecular flexibility index (Phi) is 6.23. The van der Waals surface area contributed by atoms with Gasteiger partial charge in [0.15, 0.2) is 11.5 Å². The Bertz CT molecular complexity index is 1310. The number of fused-ring (bicyclic) bond motifs is 1. The zero-order chi connectivity index (χ0) is 24.4. The zero-order valence-electron chi connectivity index (χ0n) is 18.8. The maximum Gasteiger partial charge on any atom is 0.395 e. The molecule has 35 heavy (non-hydrogen) atoms. The molecular formula is C24H24F3N7O. The molecule has 2 N–H and O–H groups in total. The van der Waals surface area contributed by atoms with Crippen molar-refractivity contribution in [1.29, 1.82) is 0 Å². The normalized spacial score (nSPS) is 15.5. The van der Waals surface area contributed by atoms with Crippen LogP contribution < -0.4 is 5.32 Å². The molecule has 1 saturated carbocycles. The largest absolute Gasteiger partial charge is 0.395 e. The molecule has 1 amide bonds. The molecule has 11 heteroatoms. The quantitative estimate of drug-likeness (QED) is 0.402. The van der Waals surface area contributed by atoms with Crippen molar-refractivity contribution in [3.8, 4) is 16.9 Å².